The molecule has 3 heteroatoms. The van der Waals surface area contributed by atoms with Gasteiger partial charge in [0.2, 0.25) is 0 Å². The number of hydrogen-bond acceptors (Lipinski definition) is 0. The molecule has 7 aromatic carbocycles. The first-order chi connectivity index (χ1) is 23.9. The van der Waals surface area contributed by atoms with Crippen LogP contribution in [0.2, 0.25) is 0 Å². The van der Waals surface area contributed by atoms with Gasteiger partial charge in [0.1, 0.15) is 0 Å². The van der Waals surface area contributed by atoms with Gasteiger partial charge in [-0.25, -0.2) is 11.1 Å². The SMILES string of the molecule is Cc1cc(C)c(-n2c3c[c-]c(-c4[c-]cccc4)cc3c3cc4c(cc32)C(C)(C)c2ccccc2-4)c(-n2c3ccccc3c3ccccc32)c1.[U+2]. The molecule has 1 aliphatic carbocycles. The predicted octanol–water partition coefficient (Wildman–Crippen LogP) is 12.1. The first kappa shape index (κ1) is 31.2. The molecular weight excluding hydrogens is 831 g/mol. The molecule has 0 saturated carbocycles. The quantitative estimate of drug-likeness (QED) is 0.157. The van der Waals surface area contributed by atoms with Gasteiger partial charge in [-0.3, -0.25) is 0 Å². The summed E-state index contributed by atoms with van der Waals surface area (Å²) < 4.78 is 4.99. The van der Waals surface area contributed by atoms with E-state index in [4.69, 9.17) is 0 Å². The Morgan fingerprint density at radius 3 is 1.94 bits per heavy atom. The average molecular weight is 865 g/mol. The summed E-state index contributed by atoms with van der Waals surface area (Å²) in [5, 5.41) is 5.00. The number of rotatable bonds is 3. The summed E-state index contributed by atoms with van der Waals surface area (Å²) >= 11 is 0. The molecule has 2 aromatic heterocycles. The Labute approximate surface area is 316 Å². The van der Waals surface area contributed by atoms with Crippen molar-refractivity contribution in [3.63, 3.8) is 0 Å². The van der Waals surface area contributed by atoms with E-state index in [-0.39, 0.29) is 36.5 Å². The van der Waals surface area contributed by atoms with E-state index in [1.54, 1.807) is 0 Å². The second kappa shape index (κ2) is 11.4. The second-order valence-electron chi connectivity index (χ2n) is 14.2. The van der Waals surface area contributed by atoms with Gasteiger partial charge in [0.05, 0.1) is 22.4 Å². The molecule has 2 nitrogen and oxygen atoms in total. The number of nitrogens with zero attached hydrogens (tertiary/aromatic N) is 2. The van der Waals surface area contributed by atoms with E-state index >= 15 is 0 Å². The van der Waals surface area contributed by atoms with Crippen LogP contribution < -0.4 is 0 Å². The van der Waals surface area contributed by atoms with Crippen LogP contribution in [0.1, 0.15) is 36.1 Å². The van der Waals surface area contributed by atoms with E-state index in [1.807, 2.05) is 12.1 Å². The van der Waals surface area contributed by atoms with Crippen LogP contribution >= 0.6 is 0 Å². The van der Waals surface area contributed by atoms with Crippen LogP contribution in [0.5, 0.6) is 0 Å². The monoisotopic (exact) mass is 864 g/mol. The second-order valence-corrected chi connectivity index (χ2v) is 14.2. The van der Waals surface area contributed by atoms with Crippen LogP contribution in [-0.4, -0.2) is 9.13 Å². The van der Waals surface area contributed by atoms with E-state index < -0.39 is 0 Å². The van der Waals surface area contributed by atoms with Gasteiger partial charge in [0.25, 0.3) is 0 Å². The molecule has 0 fully saturated rings. The number of benzene rings is 7. The fourth-order valence-corrected chi connectivity index (χ4v) is 8.69. The Balaban J connectivity index is 0.00000336. The summed E-state index contributed by atoms with van der Waals surface area (Å²) in [6, 6.07) is 56.0. The van der Waals surface area contributed by atoms with Gasteiger partial charge < -0.3 is 9.13 Å². The fourth-order valence-electron chi connectivity index (χ4n) is 8.69. The van der Waals surface area contributed by atoms with Gasteiger partial charge in [-0.2, -0.15) is 36.4 Å². The topological polar surface area (TPSA) is 9.86 Å². The van der Waals surface area contributed by atoms with Crippen molar-refractivity contribution < 1.29 is 31.1 Å². The van der Waals surface area contributed by atoms with Crippen molar-refractivity contribution in [2.75, 3.05) is 0 Å². The zero-order chi connectivity index (χ0) is 33.0. The minimum atomic E-state index is -0.115. The van der Waals surface area contributed by atoms with Gasteiger partial charge in [-0.15, -0.1) is 12.1 Å². The number of para-hydroxylation sites is 2. The van der Waals surface area contributed by atoms with Gasteiger partial charge in [-0.1, -0.05) is 86.0 Å². The molecule has 2 heterocycles. The van der Waals surface area contributed by atoms with Crippen molar-refractivity contribution in [3.05, 3.63) is 168 Å². The maximum atomic E-state index is 3.67. The Morgan fingerprint density at radius 2 is 1.20 bits per heavy atom. The minimum absolute atomic E-state index is 0. The maximum Gasteiger partial charge on any atom is 2.00 e. The molecular formula is C47H34N2U. The molecule has 10 rings (SSSR count). The number of hydrogen-bond donors (Lipinski definition) is 0. The Morgan fingerprint density at radius 1 is 0.520 bits per heavy atom. The first-order valence-electron chi connectivity index (χ1n) is 17.1. The smallest absolute Gasteiger partial charge is 0.349 e. The summed E-state index contributed by atoms with van der Waals surface area (Å²) in [6.45, 7) is 9.22. The molecule has 9 aromatic rings. The van der Waals surface area contributed by atoms with Crippen LogP contribution in [0.3, 0.4) is 0 Å². The Hall–Kier alpha value is -4.81. The maximum absolute atomic E-state index is 3.67. The third-order valence-electron chi connectivity index (χ3n) is 10.9. The van der Waals surface area contributed by atoms with Gasteiger partial charge in [-0.05, 0) is 88.5 Å². The summed E-state index contributed by atoms with van der Waals surface area (Å²) in [7, 11) is 0. The molecule has 0 atom stereocenters. The van der Waals surface area contributed by atoms with Crippen LogP contribution in [0, 0.1) is 57.1 Å². The molecule has 236 valence electrons. The molecule has 0 aliphatic heterocycles. The fraction of sp³-hybridized carbons (Fsp3) is 0.106. The molecule has 50 heavy (non-hydrogen) atoms. The Kier molecular flexibility index (Phi) is 7.09. The van der Waals surface area contributed by atoms with Gasteiger partial charge in [0, 0.05) is 21.7 Å². The molecule has 0 radical (unpaired) electrons. The van der Waals surface area contributed by atoms with Gasteiger partial charge in [0.15, 0.2) is 0 Å². The summed E-state index contributed by atoms with van der Waals surface area (Å²) in [4.78, 5) is 0. The van der Waals surface area contributed by atoms with Crippen molar-refractivity contribution in [2.24, 2.45) is 0 Å². The van der Waals surface area contributed by atoms with Crippen LogP contribution in [0.15, 0.2) is 133 Å². The predicted molar refractivity (Wildman–Crippen MR) is 205 cm³/mol. The minimum Gasteiger partial charge on any atom is -0.349 e. The summed E-state index contributed by atoms with van der Waals surface area (Å²) in [5.41, 5.74) is 17.0. The molecule has 0 bridgehead atoms. The number of fused-ring (bicyclic) bond motifs is 9. The largest absolute Gasteiger partial charge is 2.00 e. The van der Waals surface area contributed by atoms with Crippen LogP contribution in [0.25, 0.3) is 77.2 Å². The zero-order valence-corrected chi connectivity index (χ0v) is 32.8. The van der Waals surface area contributed by atoms with E-state index in [1.165, 1.54) is 82.9 Å². The van der Waals surface area contributed by atoms with E-state index in [9.17, 15) is 0 Å². The van der Waals surface area contributed by atoms with Crippen LogP contribution in [-0.2, 0) is 5.41 Å². The zero-order valence-electron chi connectivity index (χ0n) is 28.6. The van der Waals surface area contributed by atoms with Crippen molar-refractivity contribution >= 4 is 43.6 Å². The van der Waals surface area contributed by atoms with E-state index in [0.29, 0.717) is 0 Å². The molecule has 0 N–H and O–H groups in total. The molecule has 0 spiro atoms. The van der Waals surface area contributed by atoms with Crippen molar-refractivity contribution in [1.29, 1.82) is 0 Å². The molecule has 0 saturated heterocycles. The third-order valence-corrected chi connectivity index (χ3v) is 10.9. The average Bonchev–Trinajstić information content (AvgIpc) is 3.70. The van der Waals surface area contributed by atoms with Crippen molar-refractivity contribution in [1.82, 2.24) is 9.13 Å². The van der Waals surface area contributed by atoms with E-state index in [0.717, 1.165) is 16.6 Å². The van der Waals surface area contributed by atoms with Crippen LogP contribution in [0.4, 0.5) is 0 Å². The number of aromatic nitrogens is 2. The first-order valence-corrected chi connectivity index (χ1v) is 17.1. The summed E-state index contributed by atoms with van der Waals surface area (Å²) in [5.74, 6) is 0. The third kappa shape index (κ3) is 4.33. The van der Waals surface area contributed by atoms with Crippen molar-refractivity contribution in [3.8, 4) is 33.6 Å². The van der Waals surface area contributed by atoms with Crippen molar-refractivity contribution in [2.45, 2.75) is 33.1 Å². The number of aryl methyl sites for hydroxylation is 2. The molecule has 0 unspecified atom stereocenters. The van der Waals surface area contributed by atoms with E-state index in [2.05, 4.69) is 170 Å². The van der Waals surface area contributed by atoms with Gasteiger partial charge >= 0.3 is 31.1 Å². The normalized spacial score (nSPS) is 13.2. The summed E-state index contributed by atoms with van der Waals surface area (Å²) in [6.07, 6.45) is 0. The molecule has 1 aliphatic rings. The Bertz CT molecular complexity index is 2760. The molecule has 0 amide bonds. The standard InChI is InChI=1S/C47H34N2.U/c1-29-24-30(2)46(45(25-29)48-41-20-12-9-17-34(41)35-18-10-13-21-42(35)48)49-43-23-22-32(31-14-6-5-7-15-31)26-37(43)38-27-36-33-16-8-11-19-39(33)47(3,4)40(36)28-44(38)49;/h5-14,16-21,23-28H,1-4H3;/q-2;+2.